The van der Waals surface area contributed by atoms with E-state index in [0.717, 1.165) is 5.39 Å². The lowest BCUT2D eigenvalue weighted by atomic mass is 9.96. The van der Waals surface area contributed by atoms with Gasteiger partial charge >= 0.3 is 0 Å². The molecule has 0 bridgehead atoms. The number of aliphatic hydroxyl groups excluding tert-OH is 4. The van der Waals surface area contributed by atoms with E-state index in [9.17, 15) is 40.2 Å². The summed E-state index contributed by atoms with van der Waals surface area (Å²) in [6.45, 7) is -0.892. The average molecular weight is 677 g/mol. The van der Waals surface area contributed by atoms with Crippen molar-refractivity contribution in [1.82, 2.24) is 19.6 Å². The number of aromatic hydroxyl groups is 2. The topological polar surface area (TPSA) is 211 Å². The number of carbonyl (C=O) groups is 2. The zero-order valence-electron chi connectivity index (χ0n) is 25.9. The molecule has 0 unspecified atom stereocenters. The number of carbonyl (C=O) groups excluding carboxylic acids is 2. The minimum absolute atomic E-state index is 0.0167. The molecule has 5 atom stereocenters. The number of amides is 2. The molecule has 0 radical (unpaired) electrons. The van der Waals surface area contributed by atoms with Gasteiger partial charge in [-0.2, -0.15) is 0 Å². The van der Waals surface area contributed by atoms with Gasteiger partial charge in [0, 0.05) is 39.1 Å². The van der Waals surface area contributed by atoms with E-state index >= 15 is 0 Å². The normalized spacial score (nSPS) is 22.6. The molecule has 0 aliphatic carbocycles. The summed E-state index contributed by atoms with van der Waals surface area (Å²) >= 11 is 0. The summed E-state index contributed by atoms with van der Waals surface area (Å²) in [7, 11) is 0. The molecule has 2 aliphatic heterocycles. The first-order valence-electron chi connectivity index (χ1n) is 15.8. The predicted molar refractivity (Wildman–Crippen MR) is 178 cm³/mol. The highest BCUT2D eigenvalue weighted by molar-refractivity contribution is 6.39. The number of para-hydroxylation sites is 1. The third-order valence-corrected chi connectivity index (χ3v) is 9.67. The van der Waals surface area contributed by atoms with Crippen LogP contribution in [0.15, 0.2) is 72.8 Å². The highest BCUT2D eigenvalue weighted by atomic mass is 16.7. The number of imide groups is 1. The van der Waals surface area contributed by atoms with Crippen LogP contribution in [-0.4, -0.2) is 93.1 Å². The second-order valence-electron chi connectivity index (χ2n) is 12.5. The zero-order valence-corrected chi connectivity index (χ0v) is 25.9. The quantitative estimate of drug-likeness (QED) is 0.132. The largest absolute Gasteiger partial charge is 0.508 e. The standard InChI is InChI=1S/C36H28N4O10/c41-13-24-31(44)32(45)33(46)36(50-24)39-23-12-18(43)8-10-20(23)26-28-27(25-19-9-7-17(42)11-22(19)38-29(25)30(26)39)34(47)40(35(28)48)49-14-16-6-5-15-3-1-2-4-21(15)37-16/h1-12,24,31-33,36,38,41-46H,13-14H2/t24-,31-,32+,33-,36-/m1/s1. The number of phenolic OH excluding ortho intramolecular Hbond substituents is 2. The molecule has 0 saturated carbocycles. The Hall–Kier alpha value is -5.61. The van der Waals surface area contributed by atoms with Crippen LogP contribution in [0.3, 0.4) is 0 Å². The number of aromatic amines is 1. The number of benzene rings is 4. The number of fused-ring (bicyclic) bond motifs is 11. The summed E-state index contributed by atoms with van der Waals surface area (Å²) in [5, 5.41) is 66.7. The minimum Gasteiger partial charge on any atom is -0.508 e. The molecule has 7 aromatic rings. The first-order valence-corrected chi connectivity index (χ1v) is 15.8. The molecule has 4 aromatic carbocycles. The first-order chi connectivity index (χ1) is 24.2. The molecule has 1 saturated heterocycles. The molecule has 14 heteroatoms. The zero-order chi connectivity index (χ0) is 34.6. The molecule has 2 amide bonds. The van der Waals surface area contributed by atoms with Crippen molar-refractivity contribution >= 4 is 66.3 Å². The van der Waals surface area contributed by atoms with Gasteiger partial charge in [-0.05, 0) is 36.4 Å². The van der Waals surface area contributed by atoms with Crippen LogP contribution in [0.1, 0.15) is 32.6 Å². The maximum Gasteiger partial charge on any atom is 0.286 e. The van der Waals surface area contributed by atoms with Gasteiger partial charge in [-0.25, -0.2) is 0 Å². The molecule has 5 heterocycles. The number of hydrogen-bond acceptors (Lipinski definition) is 11. The Morgan fingerprint density at radius 1 is 0.820 bits per heavy atom. The van der Waals surface area contributed by atoms with Crippen LogP contribution < -0.4 is 0 Å². The van der Waals surface area contributed by atoms with Crippen molar-refractivity contribution in [3.8, 4) is 11.5 Å². The van der Waals surface area contributed by atoms with Gasteiger partial charge in [0.25, 0.3) is 11.8 Å². The van der Waals surface area contributed by atoms with Crippen molar-refractivity contribution in [3.05, 3.63) is 89.6 Å². The summed E-state index contributed by atoms with van der Waals surface area (Å²) in [6.07, 6.45) is -7.85. The van der Waals surface area contributed by atoms with E-state index in [2.05, 4.69) is 9.97 Å². The molecular weight excluding hydrogens is 648 g/mol. The third-order valence-electron chi connectivity index (χ3n) is 9.67. The highest BCUT2D eigenvalue weighted by Crippen LogP contribution is 2.48. The SMILES string of the molecule is O=C1c2c(c3c4ccc(O)cc4n([C@@H]4O[C@H](CO)[C@@H](O)[C@H](O)[C@H]4O)c3c3[nH]c4cc(O)ccc4c23)C(=O)N1OCc1ccc2ccccc2n1. The monoisotopic (exact) mass is 676 g/mol. The Morgan fingerprint density at radius 3 is 2.32 bits per heavy atom. The fourth-order valence-corrected chi connectivity index (χ4v) is 7.39. The Labute approximate surface area is 280 Å². The van der Waals surface area contributed by atoms with Gasteiger partial charge < -0.3 is 44.9 Å². The number of H-pyrrole nitrogens is 1. The fraction of sp³-hybridized carbons (Fsp3) is 0.194. The summed E-state index contributed by atoms with van der Waals surface area (Å²) < 4.78 is 7.47. The van der Waals surface area contributed by atoms with Crippen molar-refractivity contribution < 1.29 is 49.8 Å². The number of phenols is 2. The van der Waals surface area contributed by atoms with E-state index in [0.29, 0.717) is 43.5 Å². The van der Waals surface area contributed by atoms with Crippen LogP contribution in [0.25, 0.3) is 54.5 Å². The van der Waals surface area contributed by atoms with Gasteiger partial charge in [0.15, 0.2) is 6.23 Å². The lowest BCUT2D eigenvalue weighted by molar-refractivity contribution is -0.249. The maximum atomic E-state index is 14.4. The number of pyridine rings is 1. The van der Waals surface area contributed by atoms with Crippen molar-refractivity contribution in [1.29, 1.82) is 0 Å². The van der Waals surface area contributed by atoms with Crippen LogP contribution in [0.5, 0.6) is 11.5 Å². The molecule has 14 nitrogen and oxygen atoms in total. The molecule has 9 rings (SSSR count). The Morgan fingerprint density at radius 2 is 1.54 bits per heavy atom. The van der Waals surface area contributed by atoms with Gasteiger partial charge in [-0.3, -0.25) is 19.4 Å². The highest BCUT2D eigenvalue weighted by Gasteiger charge is 2.47. The van der Waals surface area contributed by atoms with E-state index in [1.54, 1.807) is 18.2 Å². The summed E-state index contributed by atoms with van der Waals surface area (Å²) in [5.74, 6) is -1.74. The number of rotatable bonds is 5. The Balaban J connectivity index is 1.30. The second-order valence-corrected chi connectivity index (χ2v) is 12.5. The molecular formula is C36H28N4O10. The van der Waals surface area contributed by atoms with Gasteiger partial charge in [0.2, 0.25) is 0 Å². The number of aliphatic hydroxyl groups is 4. The van der Waals surface area contributed by atoms with Crippen LogP contribution in [0.4, 0.5) is 0 Å². The number of hydroxylamine groups is 2. The Kier molecular flexibility index (Phi) is 6.67. The van der Waals surface area contributed by atoms with Crippen LogP contribution in [-0.2, 0) is 16.2 Å². The number of nitrogens with zero attached hydrogens (tertiary/aromatic N) is 3. The lowest BCUT2D eigenvalue weighted by Crippen LogP contribution is -2.56. The predicted octanol–water partition coefficient (Wildman–Crippen LogP) is 3.09. The number of ether oxygens (including phenoxy) is 1. The van der Waals surface area contributed by atoms with Crippen LogP contribution >= 0.6 is 0 Å². The molecule has 3 aromatic heterocycles. The number of hydrogen-bond donors (Lipinski definition) is 7. The van der Waals surface area contributed by atoms with E-state index in [1.807, 2.05) is 30.3 Å². The van der Waals surface area contributed by atoms with Gasteiger partial charge in [-0.1, -0.05) is 24.3 Å². The smallest absolute Gasteiger partial charge is 0.286 e. The molecule has 1 fully saturated rings. The van der Waals surface area contributed by atoms with Crippen molar-refractivity contribution in [3.63, 3.8) is 0 Å². The van der Waals surface area contributed by atoms with Crippen molar-refractivity contribution in [2.75, 3.05) is 6.61 Å². The van der Waals surface area contributed by atoms with Crippen molar-refractivity contribution in [2.45, 2.75) is 37.3 Å². The molecule has 50 heavy (non-hydrogen) atoms. The van der Waals surface area contributed by atoms with Crippen LogP contribution in [0.2, 0.25) is 0 Å². The molecule has 2 aliphatic rings. The number of nitrogens with one attached hydrogen (secondary N) is 1. The second kappa shape index (κ2) is 10.9. The fourth-order valence-electron chi connectivity index (χ4n) is 7.39. The summed E-state index contributed by atoms with van der Waals surface area (Å²) in [5.41, 5.74) is 2.44. The van der Waals surface area contributed by atoms with Gasteiger partial charge in [-0.15, -0.1) is 5.06 Å². The molecule has 252 valence electrons. The molecule has 0 spiro atoms. The summed E-state index contributed by atoms with van der Waals surface area (Å²) in [6, 6.07) is 19.9. The Bertz CT molecular complexity index is 2580. The average Bonchev–Trinajstić information content (AvgIpc) is 3.72. The van der Waals surface area contributed by atoms with Crippen molar-refractivity contribution in [2.24, 2.45) is 0 Å². The van der Waals surface area contributed by atoms with Gasteiger partial charge in [0.1, 0.15) is 42.5 Å². The third kappa shape index (κ3) is 4.21. The van der Waals surface area contributed by atoms with E-state index in [1.165, 1.54) is 28.8 Å². The first kappa shape index (κ1) is 30.4. The van der Waals surface area contributed by atoms with E-state index in [-0.39, 0.29) is 45.7 Å². The summed E-state index contributed by atoms with van der Waals surface area (Å²) in [4.78, 5) is 42.5. The van der Waals surface area contributed by atoms with E-state index < -0.39 is 49.1 Å². The van der Waals surface area contributed by atoms with Crippen LogP contribution in [0, 0.1) is 0 Å². The minimum atomic E-state index is -1.74. The maximum absolute atomic E-state index is 14.4. The van der Waals surface area contributed by atoms with Gasteiger partial charge in [0.05, 0.1) is 51.0 Å². The number of aromatic nitrogens is 3. The lowest BCUT2D eigenvalue weighted by Gasteiger charge is -2.41. The van der Waals surface area contributed by atoms with E-state index in [4.69, 9.17) is 9.57 Å². The molecule has 7 N–H and O–H groups in total.